The second-order valence-corrected chi connectivity index (χ2v) is 5.50. The van der Waals surface area contributed by atoms with Crippen molar-refractivity contribution in [3.05, 3.63) is 95.6 Å². The Bertz CT molecular complexity index is 853. The summed E-state index contributed by atoms with van der Waals surface area (Å²) in [5, 5.41) is 4.03. The Morgan fingerprint density at radius 2 is 1.46 bits per heavy atom. The van der Waals surface area contributed by atoms with Crippen LogP contribution in [-0.4, -0.2) is 12.1 Å². The molecule has 0 spiro atoms. The van der Waals surface area contributed by atoms with E-state index < -0.39 is 0 Å². The molecule has 3 heteroatoms. The van der Waals surface area contributed by atoms with Gasteiger partial charge in [0, 0.05) is 5.56 Å². The number of rotatable bonds is 4. The Labute approximate surface area is 141 Å². The first kappa shape index (κ1) is 15.7. The lowest BCUT2D eigenvalue weighted by Crippen LogP contribution is -2.17. The first-order valence-electron chi connectivity index (χ1n) is 7.78. The van der Waals surface area contributed by atoms with Crippen LogP contribution < -0.4 is 5.43 Å². The number of amides is 1. The molecule has 0 radical (unpaired) electrons. The predicted octanol–water partition coefficient (Wildman–Crippen LogP) is 4.43. The molecule has 0 aromatic heterocycles. The van der Waals surface area contributed by atoms with Crippen molar-refractivity contribution in [2.75, 3.05) is 0 Å². The Morgan fingerprint density at radius 3 is 2.17 bits per heavy atom. The quantitative estimate of drug-likeness (QED) is 0.562. The predicted molar refractivity (Wildman–Crippen MR) is 98.1 cm³/mol. The normalized spacial score (nSPS) is 10.7. The fraction of sp³-hybridized carbons (Fsp3) is 0.0476. The van der Waals surface area contributed by atoms with Crippen molar-refractivity contribution in [1.29, 1.82) is 0 Å². The van der Waals surface area contributed by atoms with Gasteiger partial charge < -0.3 is 0 Å². The zero-order valence-electron chi connectivity index (χ0n) is 13.4. The highest BCUT2D eigenvalue weighted by molar-refractivity contribution is 5.95. The molecular formula is C21H18N2O. The van der Waals surface area contributed by atoms with E-state index in [4.69, 9.17) is 0 Å². The van der Waals surface area contributed by atoms with Gasteiger partial charge in [0.1, 0.15) is 0 Å². The SMILES string of the molecule is Cc1ccccc1/C=N\NC(=O)c1ccc(-c2ccccc2)cc1. The fourth-order valence-electron chi connectivity index (χ4n) is 2.40. The summed E-state index contributed by atoms with van der Waals surface area (Å²) >= 11 is 0. The number of hydrogen-bond donors (Lipinski definition) is 1. The van der Waals surface area contributed by atoms with Crippen LogP contribution in [0.1, 0.15) is 21.5 Å². The van der Waals surface area contributed by atoms with E-state index in [9.17, 15) is 4.79 Å². The number of carbonyl (C=O) groups excluding carboxylic acids is 1. The molecule has 3 nitrogen and oxygen atoms in total. The van der Waals surface area contributed by atoms with Crippen LogP contribution in [0.4, 0.5) is 0 Å². The Hall–Kier alpha value is -3.20. The van der Waals surface area contributed by atoms with E-state index in [1.807, 2.05) is 73.7 Å². The van der Waals surface area contributed by atoms with Gasteiger partial charge in [-0.3, -0.25) is 4.79 Å². The molecule has 118 valence electrons. The van der Waals surface area contributed by atoms with Crippen LogP contribution in [0.5, 0.6) is 0 Å². The number of carbonyl (C=O) groups is 1. The maximum absolute atomic E-state index is 12.1. The Kier molecular flexibility index (Phi) is 4.82. The van der Waals surface area contributed by atoms with E-state index in [1.165, 1.54) is 0 Å². The minimum absolute atomic E-state index is 0.223. The number of benzene rings is 3. The van der Waals surface area contributed by atoms with E-state index in [0.717, 1.165) is 22.3 Å². The molecule has 1 amide bonds. The minimum atomic E-state index is -0.223. The highest BCUT2D eigenvalue weighted by Crippen LogP contribution is 2.19. The van der Waals surface area contributed by atoms with Crippen LogP contribution in [0.2, 0.25) is 0 Å². The van der Waals surface area contributed by atoms with Gasteiger partial charge in [0.2, 0.25) is 0 Å². The van der Waals surface area contributed by atoms with Crippen molar-refractivity contribution in [2.45, 2.75) is 6.92 Å². The molecule has 24 heavy (non-hydrogen) atoms. The van der Waals surface area contributed by atoms with Gasteiger partial charge in [-0.15, -0.1) is 0 Å². The van der Waals surface area contributed by atoms with Gasteiger partial charge >= 0.3 is 0 Å². The van der Waals surface area contributed by atoms with Crippen LogP contribution in [-0.2, 0) is 0 Å². The van der Waals surface area contributed by atoms with E-state index >= 15 is 0 Å². The fourth-order valence-corrected chi connectivity index (χ4v) is 2.40. The van der Waals surface area contributed by atoms with Crippen molar-refractivity contribution >= 4 is 12.1 Å². The molecule has 0 saturated carbocycles. The smallest absolute Gasteiger partial charge is 0.267 e. The molecule has 3 aromatic rings. The van der Waals surface area contributed by atoms with Gasteiger partial charge in [-0.05, 0) is 41.3 Å². The molecular weight excluding hydrogens is 296 g/mol. The number of nitrogens with zero attached hydrogens (tertiary/aromatic N) is 1. The van der Waals surface area contributed by atoms with Gasteiger partial charge in [-0.2, -0.15) is 5.10 Å². The molecule has 0 unspecified atom stereocenters. The molecule has 0 bridgehead atoms. The maximum Gasteiger partial charge on any atom is 0.271 e. The van der Waals surface area contributed by atoms with E-state index in [-0.39, 0.29) is 5.91 Å². The van der Waals surface area contributed by atoms with Crippen molar-refractivity contribution < 1.29 is 4.79 Å². The first-order valence-corrected chi connectivity index (χ1v) is 7.78. The molecule has 0 aliphatic heterocycles. The van der Waals surface area contributed by atoms with Gasteiger partial charge in [0.05, 0.1) is 6.21 Å². The van der Waals surface area contributed by atoms with Gasteiger partial charge in [-0.1, -0.05) is 66.7 Å². The van der Waals surface area contributed by atoms with Crippen molar-refractivity contribution in [3.63, 3.8) is 0 Å². The number of aryl methyl sites for hydroxylation is 1. The monoisotopic (exact) mass is 314 g/mol. The number of hydrazone groups is 1. The molecule has 3 rings (SSSR count). The summed E-state index contributed by atoms with van der Waals surface area (Å²) in [6, 6.07) is 25.4. The summed E-state index contributed by atoms with van der Waals surface area (Å²) in [6.45, 7) is 2.01. The molecule has 0 aliphatic rings. The van der Waals surface area contributed by atoms with Crippen LogP contribution >= 0.6 is 0 Å². The lowest BCUT2D eigenvalue weighted by atomic mass is 10.0. The third-order valence-corrected chi connectivity index (χ3v) is 3.81. The number of nitrogens with one attached hydrogen (secondary N) is 1. The van der Waals surface area contributed by atoms with Gasteiger partial charge in [0.25, 0.3) is 5.91 Å². The summed E-state index contributed by atoms with van der Waals surface area (Å²) in [6.07, 6.45) is 1.66. The zero-order chi connectivity index (χ0) is 16.8. The van der Waals surface area contributed by atoms with Crippen LogP contribution in [0.3, 0.4) is 0 Å². The van der Waals surface area contributed by atoms with Crippen molar-refractivity contribution in [2.24, 2.45) is 5.10 Å². The van der Waals surface area contributed by atoms with E-state index in [1.54, 1.807) is 18.3 Å². The lowest BCUT2D eigenvalue weighted by Gasteiger charge is -2.04. The minimum Gasteiger partial charge on any atom is -0.267 e. The van der Waals surface area contributed by atoms with Gasteiger partial charge in [-0.25, -0.2) is 5.43 Å². The third-order valence-electron chi connectivity index (χ3n) is 3.81. The number of hydrogen-bond acceptors (Lipinski definition) is 2. The Morgan fingerprint density at radius 1 is 0.833 bits per heavy atom. The average molecular weight is 314 g/mol. The third kappa shape index (κ3) is 3.76. The molecule has 0 aliphatic carbocycles. The largest absolute Gasteiger partial charge is 0.271 e. The molecule has 0 atom stereocenters. The maximum atomic E-state index is 12.1. The second-order valence-electron chi connectivity index (χ2n) is 5.50. The summed E-state index contributed by atoms with van der Waals surface area (Å²) in [5.74, 6) is -0.223. The summed E-state index contributed by atoms with van der Waals surface area (Å²) in [4.78, 5) is 12.1. The van der Waals surface area contributed by atoms with Crippen LogP contribution in [0.15, 0.2) is 84.0 Å². The molecule has 0 saturated heterocycles. The topological polar surface area (TPSA) is 41.5 Å². The molecule has 1 N–H and O–H groups in total. The lowest BCUT2D eigenvalue weighted by molar-refractivity contribution is 0.0955. The van der Waals surface area contributed by atoms with Crippen LogP contribution in [0.25, 0.3) is 11.1 Å². The molecule has 0 heterocycles. The Balaban J connectivity index is 1.66. The standard InChI is InChI=1S/C21H18N2O/c1-16-7-5-6-10-20(16)15-22-23-21(24)19-13-11-18(12-14-19)17-8-3-2-4-9-17/h2-15H,1H3,(H,23,24)/b22-15-. The molecule has 0 fully saturated rings. The average Bonchev–Trinajstić information content (AvgIpc) is 2.64. The van der Waals surface area contributed by atoms with E-state index in [2.05, 4.69) is 10.5 Å². The van der Waals surface area contributed by atoms with Crippen molar-refractivity contribution in [1.82, 2.24) is 5.43 Å². The second kappa shape index (κ2) is 7.38. The van der Waals surface area contributed by atoms with Crippen LogP contribution in [0, 0.1) is 6.92 Å². The van der Waals surface area contributed by atoms with Gasteiger partial charge in [0.15, 0.2) is 0 Å². The highest BCUT2D eigenvalue weighted by atomic mass is 16.2. The zero-order valence-corrected chi connectivity index (χ0v) is 13.4. The summed E-state index contributed by atoms with van der Waals surface area (Å²) in [5.41, 5.74) is 7.45. The first-order chi connectivity index (χ1) is 11.7. The summed E-state index contributed by atoms with van der Waals surface area (Å²) < 4.78 is 0. The summed E-state index contributed by atoms with van der Waals surface area (Å²) in [7, 11) is 0. The van der Waals surface area contributed by atoms with E-state index in [0.29, 0.717) is 5.56 Å². The van der Waals surface area contributed by atoms with Crippen molar-refractivity contribution in [3.8, 4) is 11.1 Å². The highest BCUT2D eigenvalue weighted by Gasteiger charge is 2.04. The molecule has 3 aromatic carbocycles.